The number of thiazole rings is 1. The first kappa shape index (κ1) is 21.3. The minimum atomic E-state index is -0.357. The molecule has 0 spiro atoms. The summed E-state index contributed by atoms with van der Waals surface area (Å²) in [7, 11) is 0. The van der Waals surface area contributed by atoms with Crippen LogP contribution < -0.4 is 10.2 Å². The van der Waals surface area contributed by atoms with Crippen LogP contribution in [0.4, 0.5) is 15.6 Å². The zero-order valence-corrected chi connectivity index (χ0v) is 20.2. The van der Waals surface area contributed by atoms with Crippen molar-refractivity contribution in [3.05, 3.63) is 53.6 Å². The molecule has 6 rings (SSSR count). The lowest BCUT2D eigenvalue weighted by Crippen LogP contribution is -2.40. The van der Waals surface area contributed by atoms with Gasteiger partial charge in [-0.1, -0.05) is 44.2 Å². The van der Waals surface area contributed by atoms with E-state index < -0.39 is 0 Å². The Balaban J connectivity index is 1.24. The van der Waals surface area contributed by atoms with Gasteiger partial charge in [-0.25, -0.2) is 14.7 Å². The van der Waals surface area contributed by atoms with Crippen LogP contribution in [0.25, 0.3) is 10.2 Å². The fourth-order valence-corrected chi connectivity index (χ4v) is 7.34. The lowest BCUT2D eigenvalue weighted by Gasteiger charge is -2.39. The normalized spacial score (nSPS) is 25.2. The Bertz CT molecular complexity index is 1340. The van der Waals surface area contributed by atoms with Gasteiger partial charge < -0.3 is 10.2 Å². The number of carbonyl (C=O) groups excluding carboxylic acids is 3. The van der Waals surface area contributed by atoms with E-state index in [1.54, 1.807) is 24.3 Å². The van der Waals surface area contributed by atoms with E-state index in [9.17, 15) is 14.4 Å². The summed E-state index contributed by atoms with van der Waals surface area (Å²) in [6.45, 7) is 7.66. The lowest BCUT2D eigenvalue weighted by atomic mass is 9.65. The Morgan fingerprint density at radius 3 is 2.47 bits per heavy atom. The number of aromatic nitrogens is 1. The molecule has 2 aromatic carbocycles. The monoisotopic (exact) mass is 474 g/mol. The van der Waals surface area contributed by atoms with E-state index in [2.05, 4.69) is 31.1 Å². The summed E-state index contributed by atoms with van der Waals surface area (Å²) in [6.07, 6.45) is 3.21. The zero-order valence-electron chi connectivity index (χ0n) is 19.4. The standard InChI is InChI=1S/C26H26N4O3S/c1-25(2)11-16-12-26(3,13-25)14-29(16)23(33)27-15-8-9-19-20(10-15)34-24(28-19)30-21(31)17-6-4-5-7-18(17)22(30)32/h4-10,16H,11-14H2,1-3H3,(H,27,33)/t16-,26+/m0/s1. The maximum atomic E-state index is 13.2. The molecule has 8 heteroatoms. The summed E-state index contributed by atoms with van der Waals surface area (Å²) >= 11 is 1.27. The van der Waals surface area contributed by atoms with Gasteiger partial charge in [0.2, 0.25) is 5.13 Å². The van der Waals surface area contributed by atoms with Gasteiger partial charge >= 0.3 is 6.03 Å². The van der Waals surface area contributed by atoms with E-state index in [4.69, 9.17) is 0 Å². The van der Waals surface area contributed by atoms with E-state index in [1.165, 1.54) is 11.3 Å². The van der Waals surface area contributed by atoms with E-state index in [0.717, 1.165) is 35.4 Å². The maximum absolute atomic E-state index is 13.2. The highest BCUT2D eigenvalue weighted by atomic mass is 32.1. The molecule has 3 aromatic rings. The highest BCUT2D eigenvalue weighted by Gasteiger charge is 2.51. The molecule has 34 heavy (non-hydrogen) atoms. The van der Waals surface area contributed by atoms with Crippen molar-refractivity contribution in [2.24, 2.45) is 10.8 Å². The highest BCUT2D eigenvalue weighted by molar-refractivity contribution is 7.22. The number of fused-ring (bicyclic) bond motifs is 4. The number of rotatable bonds is 2. The van der Waals surface area contributed by atoms with Crippen LogP contribution in [0, 0.1) is 10.8 Å². The minimum Gasteiger partial charge on any atom is -0.321 e. The molecule has 7 nitrogen and oxygen atoms in total. The van der Waals surface area contributed by atoms with E-state index in [-0.39, 0.29) is 34.7 Å². The summed E-state index contributed by atoms with van der Waals surface area (Å²) in [5.74, 6) is -0.713. The number of nitrogens with zero attached hydrogens (tertiary/aromatic N) is 3. The number of amides is 4. The Morgan fingerprint density at radius 2 is 1.76 bits per heavy atom. The number of likely N-dealkylation sites (tertiary alicyclic amines) is 1. The highest BCUT2D eigenvalue weighted by Crippen LogP contribution is 2.52. The second kappa shape index (κ2) is 7.12. The third-order valence-electron chi connectivity index (χ3n) is 7.29. The van der Waals surface area contributed by atoms with Crippen LogP contribution in [0.2, 0.25) is 0 Å². The van der Waals surface area contributed by atoms with Crippen molar-refractivity contribution in [3.63, 3.8) is 0 Å². The lowest BCUT2D eigenvalue weighted by molar-refractivity contribution is 0.0926. The molecule has 1 aromatic heterocycles. The zero-order chi connectivity index (χ0) is 23.8. The quantitative estimate of drug-likeness (QED) is 0.495. The second-order valence-electron chi connectivity index (χ2n) is 10.9. The Kier molecular flexibility index (Phi) is 4.46. The van der Waals surface area contributed by atoms with Crippen molar-refractivity contribution in [2.75, 3.05) is 16.8 Å². The molecule has 2 aliphatic heterocycles. The van der Waals surface area contributed by atoms with E-state index >= 15 is 0 Å². The van der Waals surface area contributed by atoms with E-state index in [0.29, 0.717) is 27.5 Å². The van der Waals surface area contributed by atoms with Crippen LogP contribution in [-0.4, -0.2) is 40.3 Å². The van der Waals surface area contributed by atoms with Crippen LogP contribution in [-0.2, 0) is 0 Å². The number of hydrogen-bond donors (Lipinski definition) is 1. The number of benzene rings is 2. The van der Waals surface area contributed by atoms with Crippen LogP contribution in [0.15, 0.2) is 42.5 Å². The molecular formula is C26H26N4O3S. The second-order valence-corrected chi connectivity index (χ2v) is 12.0. The van der Waals surface area contributed by atoms with Crippen LogP contribution in [0.5, 0.6) is 0 Å². The average molecular weight is 475 g/mol. The predicted molar refractivity (Wildman–Crippen MR) is 132 cm³/mol. The van der Waals surface area contributed by atoms with Crippen molar-refractivity contribution >= 4 is 50.2 Å². The molecule has 0 radical (unpaired) electrons. The molecule has 174 valence electrons. The summed E-state index contributed by atoms with van der Waals surface area (Å²) in [4.78, 5) is 46.5. The fourth-order valence-electron chi connectivity index (χ4n) is 6.34. The van der Waals surface area contributed by atoms with Crippen LogP contribution in [0.3, 0.4) is 0 Å². The predicted octanol–water partition coefficient (Wildman–Crippen LogP) is 5.53. The minimum absolute atomic E-state index is 0.0733. The topological polar surface area (TPSA) is 82.6 Å². The molecule has 1 saturated carbocycles. The molecule has 3 aliphatic rings. The molecule has 2 fully saturated rings. The fraction of sp³-hybridized carbons (Fsp3) is 0.385. The first-order valence-corrected chi connectivity index (χ1v) is 12.4. The van der Waals surface area contributed by atoms with E-state index in [1.807, 2.05) is 23.1 Å². The van der Waals surface area contributed by atoms with Crippen molar-refractivity contribution in [1.29, 1.82) is 0 Å². The first-order chi connectivity index (χ1) is 16.1. The molecule has 2 atom stereocenters. The summed E-state index contributed by atoms with van der Waals surface area (Å²) in [5.41, 5.74) is 2.57. The van der Waals surface area contributed by atoms with Gasteiger partial charge in [-0.05, 0) is 60.4 Å². The van der Waals surface area contributed by atoms with Gasteiger partial charge in [-0.2, -0.15) is 0 Å². The number of nitrogens with one attached hydrogen (secondary N) is 1. The largest absolute Gasteiger partial charge is 0.322 e. The average Bonchev–Trinajstić information content (AvgIpc) is 3.37. The molecule has 0 unspecified atom stereocenters. The summed E-state index contributed by atoms with van der Waals surface area (Å²) in [6, 6.07) is 12.5. The molecule has 1 N–H and O–H groups in total. The number of carbonyl (C=O) groups is 3. The molecule has 4 amide bonds. The Labute approximate surface area is 201 Å². The van der Waals surface area contributed by atoms with Gasteiger partial charge in [0.25, 0.3) is 11.8 Å². The van der Waals surface area contributed by atoms with Gasteiger partial charge in [-0.15, -0.1) is 0 Å². The third kappa shape index (κ3) is 3.31. The van der Waals surface area contributed by atoms with Gasteiger partial charge in [-0.3, -0.25) is 9.59 Å². The number of urea groups is 1. The summed E-state index contributed by atoms with van der Waals surface area (Å²) in [5, 5.41) is 3.40. The molecular weight excluding hydrogens is 448 g/mol. The molecule has 3 heterocycles. The molecule has 2 bridgehead atoms. The van der Waals surface area contributed by atoms with Gasteiger partial charge in [0.15, 0.2) is 0 Å². The Hall–Kier alpha value is -3.26. The van der Waals surface area contributed by atoms with Gasteiger partial charge in [0, 0.05) is 18.3 Å². The summed E-state index contributed by atoms with van der Waals surface area (Å²) < 4.78 is 0.803. The smallest absolute Gasteiger partial charge is 0.321 e. The van der Waals surface area contributed by atoms with Crippen molar-refractivity contribution < 1.29 is 14.4 Å². The molecule has 1 aliphatic carbocycles. The van der Waals surface area contributed by atoms with Crippen LogP contribution >= 0.6 is 11.3 Å². The van der Waals surface area contributed by atoms with Crippen molar-refractivity contribution in [2.45, 2.75) is 46.1 Å². The molecule has 1 saturated heterocycles. The van der Waals surface area contributed by atoms with Crippen molar-refractivity contribution in [1.82, 2.24) is 9.88 Å². The number of hydrogen-bond acceptors (Lipinski definition) is 5. The number of imide groups is 1. The maximum Gasteiger partial charge on any atom is 0.322 e. The van der Waals surface area contributed by atoms with Crippen LogP contribution in [0.1, 0.15) is 60.7 Å². The third-order valence-corrected chi connectivity index (χ3v) is 8.29. The SMILES string of the molecule is CC1(C)C[C@H]2C[C@@](C)(CN2C(=O)Nc2ccc3nc(N4C(=O)c5ccccc5C4=O)sc3c2)C1. The number of anilines is 2. The Morgan fingerprint density at radius 1 is 1.06 bits per heavy atom. The first-order valence-electron chi connectivity index (χ1n) is 11.6. The van der Waals surface area contributed by atoms with Crippen molar-refractivity contribution in [3.8, 4) is 0 Å². The van der Waals surface area contributed by atoms with Gasteiger partial charge in [0.05, 0.1) is 21.3 Å². The van der Waals surface area contributed by atoms with Gasteiger partial charge in [0.1, 0.15) is 0 Å².